The van der Waals surface area contributed by atoms with E-state index in [0.717, 1.165) is 0 Å². The molecule has 0 spiro atoms. The van der Waals surface area contributed by atoms with Crippen LogP contribution < -0.4 is 0 Å². The van der Waals surface area contributed by atoms with Gasteiger partial charge in [-0.15, -0.1) is 0 Å². The number of carbonyl (C=O) groups is 1. The van der Waals surface area contributed by atoms with Gasteiger partial charge in [-0.3, -0.25) is 9.69 Å². The molecule has 1 fully saturated rings. The zero-order chi connectivity index (χ0) is 15.9. The Morgan fingerprint density at radius 2 is 2.18 bits per heavy atom. The molecule has 0 saturated carbocycles. The minimum Gasteiger partial charge on any atom is -0.395 e. The lowest BCUT2D eigenvalue weighted by atomic mass is 10.0. The molecule has 1 atom stereocenters. The second-order valence-corrected chi connectivity index (χ2v) is 5.25. The SMILES string of the molecule is CCN(CCO)C(=O)C(c1cccc(F)c1)N1CCOCC1. The summed E-state index contributed by atoms with van der Waals surface area (Å²) in [7, 11) is 0. The molecule has 1 N–H and O–H groups in total. The van der Waals surface area contributed by atoms with Crippen molar-refractivity contribution >= 4 is 5.91 Å². The summed E-state index contributed by atoms with van der Waals surface area (Å²) in [5, 5.41) is 9.14. The van der Waals surface area contributed by atoms with Crippen LogP contribution in [0, 0.1) is 5.82 Å². The van der Waals surface area contributed by atoms with Gasteiger partial charge in [0.05, 0.1) is 19.8 Å². The Kier molecular flexibility index (Phi) is 6.30. The number of aliphatic hydroxyl groups is 1. The van der Waals surface area contributed by atoms with Crippen molar-refractivity contribution in [3.8, 4) is 0 Å². The number of hydrogen-bond acceptors (Lipinski definition) is 4. The van der Waals surface area contributed by atoms with E-state index >= 15 is 0 Å². The van der Waals surface area contributed by atoms with Gasteiger partial charge in [0.2, 0.25) is 5.91 Å². The average molecular weight is 310 g/mol. The number of likely N-dealkylation sites (N-methyl/N-ethyl adjacent to an activating group) is 1. The van der Waals surface area contributed by atoms with Crippen LogP contribution in [0.5, 0.6) is 0 Å². The van der Waals surface area contributed by atoms with Crippen molar-refractivity contribution in [2.24, 2.45) is 0 Å². The highest BCUT2D eigenvalue weighted by Gasteiger charge is 2.31. The maximum absolute atomic E-state index is 13.6. The minimum atomic E-state index is -0.536. The molecule has 1 aromatic carbocycles. The lowest BCUT2D eigenvalue weighted by molar-refractivity contribution is -0.139. The van der Waals surface area contributed by atoms with Crippen molar-refractivity contribution < 1.29 is 19.0 Å². The summed E-state index contributed by atoms with van der Waals surface area (Å²) in [4.78, 5) is 16.5. The van der Waals surface area contributed by atoms with Crippen molar-refractivity contribution in [1.29, 1.82) is 0 Å². The van der Waals surface area contributed by atoms with Crippen molar-refractivity contribution in [3.05, 3.63) is 35.6 Å². The number of rotatable bonds is 6. The Hall–Kier alpha value is -1.50. The Balaban J connectivity index is 2.29. The van der Waals surface area contributed by atoms with Gasteiger partial charge >= 0.3 is 0 Å². The van der Waals surface area contributed by atoms with Gasteiger partial charge in [0, 0.05) is 26.2 Å². The van der Waals surface area contributed by atoms with E-state index in [2.05, 4.69) is 0 Å². The van der Waals surface area contributed by atoms with Crippen molar-refractivity contribution in [2.75, 3.05) is 46.0 Å². The normalized spacial score (nSPS) is 17.2. The fourth-order valence-corrected chi connectivity index (χ4v) is 2.74. The van der Waals surface area contributed by atoms with Crippen molar-refractivity contribution in [1.82, 2.24) is 9.80 Å². The number of nitrogens with zero attached hydrogens (tertiary/aromatic N) is 2. The first-order chi connectivity index (χ1) is 10.7. The van der Waals surface area contributed by atoms with Gasteiger partial charge in [-0.1, -0.05) is 12.1 Å². The summed E-state index contributed by atoms with van der Waals surface area (Å²) < 4.78 is 18.9. The molecule has 1 aliphatic rings. The lowest BCUT2D eigenvalue weighted by Crippen LogP contribution is -2.47. The molecular formula is C16H23FN2O3. The maximum atomic E-state index is 13.6. The Morgan fingerprint density at radius 3 is 2.77 bits per heavy atom. The summed E-state index contributed by atoms with van der Waals surface area (Å²) in [5.74, 6) is -0.460. The van der Waals surface area contributed by atoms with E-state index in [1.807, 2.05) is 11.8 Å². The van der Waals surface area contributed by atoms with Crippen LogP contribution in [0.25, 0.3) is 0 Å². The molecule has 122 valence electrons. The van der Waals surface area contributed by atoms with E-state index in [-0.39, 0.29) is 24.9 Å². The summed E-state index contributed by atoms with van der Waals surface area (Å²) in [6.07, 6.45) is 0. The number of halogens is 1. The van der Waals surface area contributed by atoms with Gasteiger partial charge in [-0.2, -0.15) is 0 Å². The Labute approximate surface area is 130 Å². The standard InChI is InChI=1S/C16H23FN2O3/c1-2-18(6-9-20)16(21)15(19-7-10-22-11-8-19)13-4-3-5-14(17)12-13/h3-5,12,15,20H,2,6-11H2,1H3. The predicted octanol–water partition coefficient (Wildman–Crippen LogP) is 1.04. The molecule has 0 aliphatic carbocycles. The van der Waals surface area contributed by atoms with Crippen LogP contribution in [0.4, 0.5) is 4.39 Å². The fourth-order valence-electron chi connectivity index (χ4n) is 2.74. The van der Waals surface area contributed by atoms with Gasteiger partial charge in [0.15, 0.2) is 0 Å². The number of hydrogen-bond donors (Lipinski definition) is 1. The monoisotopic (exact) mass is 310 g/mol. The van der Waals surface area contributed by atoms with E-state index in [4.69, 9.17) is 9.84 Å². The van der Waals surface area contributed by atoms with E-state index in [1.54, 1.807) is 17.0 Å². The summed E-state index contributed by atoms with van der Waals surface area (Å²) in [6, 6.07) is 5.63. The van der Waals surface area contributed by atoms with Crippen LogP contribution in [-0.2, 0) is 9.53 Å². The topological polar surface area (TPSA) is 53.0 Å². The van der Waals surface area contributed by atoms with E-state index in [0.29, 0.717) is 38.4 Å². The molecule has 1 aromatic rings. The maximum Gasteiger partial charge on any atom is 0.244 e. The predicted molar refractivity (Wildman–Crippen MR) is 80.9 cm³/mol. The van der Waals surface area contributed by atoms with Gasteiger partial charge in [-0.05, 0) is 24.6 Å². The van der Waals surface area contributed by atoms with E-state index in [9.17, 15) is 9.18 Å². The van der Waals surface area contributed by atoms with E-state index < -0.39 is 6.04 Å². The molecular weight excluding hydrogens is 287 g/mol. The molecule has 22 heavy (non-hydrogen) atoms. The molecule has 1 unspecified atom stereocenters. The van der Waals surface area contributed by atoms with Crippen molar-refractivity contribution in [3.63, 3.8) is 0 Å². The van der Waals surface area contributed by atoms with Gasteiger partial charge < -0.3 is 14.7 Å². The van der Waals surface area contributed by atoms with Crippen LogP contribution >= 0.6 is 0 Å². The average Bonchev–Trinajstić information content (AvgIpc) is 2.54. The molecule has 1 amide bonds. The number of ether oxygens (including phenoxy) is 1. The second kappa shape index (κ2) is 8.22. The third-order valence-corrected chi connectivity index (χ3v) is 3.87. The zero-order valence-corrected chi connectivity index (χ0v) is 12.9. The molecule has 0 aromatic heterocycles. The van der Waals surface area contributed by atoms with Crippen LogP contribution in [-0.4, -0.2) is 66.8 Å². The van der Waals surface area contributed by atoms with Crippen LogP contribution in [0.15, 0.2) is 24.3 Å². The third-order valence-electron chi connectivity index (χ3n) is 3.87. The molecule has 6 heteroatoms. The number of aliphatic hydroxyl groups excluding tert-OH is 1. The molecule has 1 heterocycles. The third kappa shape index (κ3) is 4.03. The highest BCUT2D eigenvalue weighted by atomic mass is 19.1. The summed E-state index contributed by atoms with van der Waals surface area (Å²) in [5.41, 5.74) is 0.642. The molecule has 2 rings (SSSR count). The first-order valence-corrected chi connectivity index (χ1v) is 7.64. The minimum absolute atomic E-state index is 0.0848. The lowest BCUT2D eigenvalue weighted by Gasteiger charge is -2.36. The highest BCUT2D eigenvalue weighted by molar-refractivity contribution is 5.83. The molecule has 0 bridgehead atoms. The summed E-state index contributed by atoms with van der Waals surface area (Å²) >= 11 is 0. The largest absolute Gasteiger partial charge is 0.395 e. The van der Waals surface area contributed by atoms with Crippen LogP contribution in [0.1, 0.15) is 18.5 Å². The quantitative estimate of drug-likeness (QED) is 0.853. The van der Waals surface area contributed by atoms with Gasteiger partial charge in [0.25, 0.3) is 0 Å². The first-order valence-electron chi connectivity index (χ1n) is 7.64. The fraction of sp³-hybridized carbons (Fsp3) is 0.562. The van der Waals surface area contributed by atoms with Crippen molar-refractivity contribution in [2.45, 2.75) is 13.0 Å². The molecule has 1 aliphatic heterocycles. The number of carbonyl (C=O) groups excluding carboxylic acids is 1. The van der Waals surface area contributed by atoms with Gasteiger partial charge in [-0.25, -0.2) is 4.39 Å². The highest BCUT2D eigenvalue weighted by Crippen LogP contribution is 2.25. The molecule has 0 radical (unpaired) electrons. The second-order valence-electron chi connectivity index (χ2n) is 5.25. The number of amides is 1. The van der Waals surface area contributed by atoms with Gasteiger partial charge in [0.1, 0.15) is 11.9 Å². The zero-order valence-electron chi connectivity index (χ0n) is 12.9. The van der Waals surface area contributed by atoms with Crippen LogP contribution in [0.2, 0.25) is 0 Å². The molecule has 1 saturated heterocycles. The Bertz CT molecular complexity index is 492. The molecule has 5 nitrogen and oxygen atoms in total. The summed E-state index contributed by atoms with van der Waals surface area (Å²) in [6.45, 7) is 4.96. The number of benzene rings is 1. The smallest absolute Gasteiger partial charge is 0.244 e. The number of morpholine rings is 1. The first kappa shape index (κ1) is 16.9. The Morgan fingerprint density at radius 1 is 1.45 bits per heavy atom. The van der Waals surface area contributed by atoms with Crippen LogP contribution in [0.3, 0.4) is 0 Å². The van der Waals surface area contributed by atoms with E-state index in [1.165, 1.54) is 12.1 Å².